The van der Waals surface area contributed by atoms with E-state index in [-0.39, 0.29) is 5.97 Å². The monoisotopic (exact) mass is 601 g/mol. The Hall–Kier alpha value is -1.31. The fourth-order valence-electron chi connectivity index (χ4n) is 5.76. The van der Waals surface area contributed by atoms with Crippen LogP contribution in [0.5, 0.6) is 0 Å². The van der Waals surface area contributed by atoms with Crippen molar-refractivity contribution in [3.8, 4) is 0 Å². The Morgan fingerprint density at radius 2 is 0.721 bits per heavy atom. The van der Waals surface area contributed by atoms with Crippen molar-refractivity contribution in [3.63, 3.8) is 0 Å². The van der Waals surface area contributed by atoms with Gasteiger partial charge in [-0.15, -0.1) is 0 Å². The first-order chi connectivity index (χ1) is 21.3. The van der Waals surface area contributed by atoms with Crippen LogP contribution in [0, 0.1) is 0 Å². The van der Waals surface area contributed by atoms with E-state index >= 15 is 0 Å². The van der Waals surface area contributed by atoms with Crippen LogP contribution in [0.3, 0.4) is 0 Å². The van der Waals surface area contributed by atoms with Crippen LogP contribution >= 0.6 is 0 Å². The summed E-state index contributed by atoms with van der Waals surface area (Å²) in [6.45, 7) is 5.12. The molecule has 0 aliphatic carbocycles. The zero-order valence-electron chi connectivity index (χ0n) is 29.4. The van der Waals surface area contributed by atoms with Crippen LogP contribution in [0.4, 0.5) is 0 Å². The van der Waals surface area contributed by atoms with Crippen LogP contribution in [0.15, 0.2) is 36.5 Å². The molecule has 0 aromatic rings. The molecule has 0 rings (SSSR count). The quantitative estimate of drug-likeness (QED) is 0.0313. The third kappa shape index (κ3) is 38.7. The number of unbranched alkanes of at least 4 members (excludes halogenated alkanes) is 29. The minimum atomic E-state index is -0.225. The van der Waals surface area contributed by atoms with Crippen LogP contribution < -0.4 is 0 Å². The summed E-state index contributed by atoms with van der Waals surface area (Å²) < 4.78 is 5.33. The average Bonchev–Trinajstić information content (AvgIpc) is 3.01. The van der Waals surface area contributed by atoms with E-state index in [0.717, 1.165) is 12.8 Å². The molecule has 0 aromatic heterocycles. The van der Waals surface area contributed by atoms with Gasteiger partial charge in [-0.05, 0) is 19.3 Å². The molecular formula is C41H76O2. The van der Waals surface area contributed by atoms with Crippen molar-refractivity contribution >= 4 is 5.97 Å². The first-order valence-electron chi connectivity index (χ1n) is 19.5. The van der Waals surface area contributed by atoms with Crippen LogP contribution in [0.25, 0.3) is 0 Å². The van der Waals surface area contributed by atoms with Gasteiger partial charge in [-0.1, -0.05) is 224 Å². The zero-order chi connectivity index (χ0) is 31.2. The first kappa shape index (κ1) is 41.7. The summed E-state index contributed by atoms with van der Waals surface area (Å²) in [4.78, 5) is 11.8. The summed E-state index contributed by atoms with van der Waals surface area (Å²) in [6, 6.07) is 0. The topological polar surface area (TPSA) is 26.3 Å². The molecule has 0 heterocycles. The summed E-state index contributed by atoms with van der Waals surface area (Å²) in [5.74, 6) is -0.225. The molecule has 0 bridgehead atoms. The number of carbonyl (C=O) groups excluding carboxylic acids is 1. The number of carbonyl (C=O) groups is 1. The third-order valence-electron chi connectivity index (χ3n) is 8.67. The molecule has 0 unspecified atom stereocenters. The minimum Gasteiger partial charge on any atom is -0.463 e. The molecule has 2 heteroatoms. The van der Waals surface area contributed by atoms with Gasteiger partial charge in [0.1, 0.15) is 0 Å². The Kier molecular flexibility index (Phi) is 37.5. The summed E-state index contributed by atoms with van der Waals surface area (Å²) in [7, 11) is 0. The highest BCUT2D eigenvalue weighted by Gasteiger charge is 1.98. The van der Waals surface area contributed by atoms with Gasteiger partial charge < -0.3 is 4.74 Å². The molecule has 0 amide bonds. The molecule has 0 aromatic carbocycles. The van der Waals surface area contributed by atoms with Crippen molar-refractivity contribution in [2.24, 2.45) is 0 Å². The SMILES string of the molecule is CCCCCCCCCCCCCC=CC=CC=CC(=O)OCCCCCCCCCCCCCCCCCCCCC. The largest absolute Gasteiger partial charge is 0.463 e. The second-order valence-electron chi connectivity index (χ2n) is 13.0. The number of hydrogen-bond donors (Lipinski definition) is 0. The first-order valence-corrected chi connectivity index (χ1v) is 19.5. The molecule has 0 spiro atoms. The highest BCUT2D eigenvalue weighted by atomic mass is 16.5. The van der Waals surface area contributed by atoms with E-state index < -0.39 is 0 Å². The fourth-order valence-corrected chi connectivity index (χ4v) is 5.76. The summed E-state index contributed by atoms with van der Waals surface area (Å²) in [5.41, 5.74) is 0. The van der Waals surface area contributed by atoms with E-state index in [1.807, 2.05) is 12.2 Å². The molecule has 2 nitrogen and oxygen atoms in total. The molecule has 0 saturated heterocycles. The Morgan fingerprint density at radius 3 is 1.12 bits per heavy atom. The fraction of sp³-hybridized carbons (Fsp3) is 0.829. The molecule has 0 aliphatic rings. The number of rotatable bonds is 35. The van der Waals surface area contributed by atoms with Gasteiger partial charge in [-0.2, -0.15) is 0 Å². The lowest BCUT2D eigenvalue weighted by Crippen LogP contribution is -2.02. The second kappa shape index (κ2) is 38.7. The van der Waals surface area contributed by atoms with Crippen LogP contribution in [0.1, 0.15) is 213 Å². The minimum absolute atomic E-state index is 0.225. The maximum absolute atomic E-state index is 11.8. The number of hydrogen-bond acceptors (Lipinski definition) is 2. The van der Waals surface area contributed by atoms with Crippen LogP contribution in [-0.2, 0) is 9.53 Å². The molecule has 0 saturated carbocycles. The maximum atomic E-state index is 11.8. The lowest BCUT2D eigenvalue weighted by molar-refractivity contribution is -0.137. The van der Waals surface area contributed by atoms with Gasteiger partial charge in [-0.25, -0.2) is 4.79 Å². The van der Waals surface area contributed by atoms with Crippen LogP contribution in [0.2, 0.25) is 0 Å². The van der Waals surface area contributed by atoms with Crippen molar-refractivity contribution in [2.75, 3.05) is 6.61 Å². The van der Waals surface area contributed by atoms with Crippen molar-refractivity contribution in [1.82, 2.24) is 0 Å². The molecular weight excluding hydrogens is 524 g/mol. The van der Waals surface area contributed by atoms with E-state index in [2.05, 4.69) is 26.0 Å². The van der Waals surface area contributed by atoms with Crippen molar-refractivity contribution in [3.05, 3.63) is 36.5 Å². The summed E-state index contributed by atoms with van der Waals surface area (Å²) in [5, 5.41) is 0. The van der Waals surface area contributed by atoms with Crippen LogP contribution in [-0.4, -0.2) is 12.6 Å². The van der Waals surface area contributed by atoms with Crippen molar-refractivity contribution < 1.29 is 9.53 Å². The molecule has 252 valence electrons. The van der Waals surface area contributed by atoms with Gasteiger partial charge in [0.2, 0.25) is 0 Å². The molecule has 43 heavy (non-hydrogen) atoms. The molecule has 0 fully saturated rings. The van der Waals surface area contributed by atoms with Gasteiger partial charge in [0, 0.05) is 6.08 Å². The van der Waals surface area contributed by atoms with E-state index in [0.29, 0.717) is 6.61 Å². The average molecular weight is 601 g/mol. The number of ether oxygens (including phenoxy) is 1. The molecule has 0 aliphatic heterocycles. The number of allylic oxidation sites excluding steroid dienone is 5. The second-order valence-corrected chi connectivity index (χ2v) is 13.0. The molecule has 0 atom stereocenters. The Bertz CT molecular complexity index is 617. The predicted octanol–water partition coefficient (Wildman–Crippen LogP) is 14.3. The Morgan fingerprint density at radius 1 is 0.395 bits per heavy atom. The Balaban J connectivity index is 3.32. The molecule has 0 N–H and O–H groups in total. The maximum Gasteiger partial charge on any atom is 0.330 e. The number of esters is 1. The normalized spacial score (nSPS) is 12.0. The lowest BCUT2D eigenvalue weighted by Gasteiger charge is -2.04. The zero-order valence-corrected chi connectivity index (χ0v) is 29.4. The third-order valence-corrected chi connectivity index (χ3v) is 8.67. The van der Waals surface area contributed by atoms with E-state index in [1.54, 1.807) is 6.08 Å². The summed E-state index contributed by atoms with van der Waals surface area (Å²) in [6.07, 6.45) is 54.1. The summed E-state index contributed by atoms with van der Waals surface area (Å²) >= 11 is 0. The predicted molar refractivity (Wildman–Crippen MR) is 193 cm³/mol. The van der Waals surface area contributed by atoms with Gasteiger partial charge in [-0.3, -0.25) is 0 Å². The van der Waals surface area contributed by atoms with Gasteiger partial charge >= 0.3 is 5.97 Å². The standard InChI is InChI=1S/C41H76O2/c1-3-5-7-9-11-13-15-17-19-21-22-24-26-28-30-32-34-36-38-40-43-41(42)39-37-35-33-31-29-27-25-23-20-18-16-14-12-10-8-6-4-2/h29,31,33,35,37,39H,3-28,30,32,34,36,38,40H2,1-2H3. The van der Waals surface area contributed by atoms with E-state index in [1.165, 1.54) is 192 Å². The smallest absolute Gasteiger partial charge is 0.330 e. The van der Waals surface area contributed by atoms with E-state index in [4.69, 9.17) is 4.74 Å². The highest BCUT2D eigenvalue weighted by Crippen LogP contribution is 2.15. The van der Waals surface area contributed by atoms with Gasteiger partial charge in [0.25, 0.3) is 0 Å². The highest BCUT2D eigenvalue weighted by molar-refractivity contribution is 5.82. The van der Waals surface area contributed by atoms with Gasteiger partial charge in [0.15, 0.2) is 0 Å². The Labute approximate surface area is 271 Å². The molecule has 0 radical (unpaired) electrons. The van der Waals surface area contributed by atoms with Crippen molar-refractivity contribution in [2.45, 2.75) is 213 Å². The van der Waals surface area contributed by atoms with Gasteiger partial charge in [0.05, 0.1) is 6.61 Å². The van der Waals surface area contributed by atoms with Crippen molar-refractivity contribution in [1.29, 1.82) is 0 Å². The lowest BCUT2D eigenvalue weighted by atomic mass is 10.0. The van der Waals surface area contributed by atoms with E-state index in [9.17, 15) is 4.79 Å².